The third-order valence-corrected chi connectivity index (χ3v) is 6.70. The highest BCUT2D eigenvalue weighted by Crippen LogP contribution is 2.34. The first-order valence-electron chi connectivity index (χ1n) is 11.1. The monoisotopic (exact) mass is 553 g/mol. The maximum Gasteiger partial charge on any atom is 0.270 e. The van der Waals surface area contributed by atoms with Crippen LogP contribution in [-0.4, -0.2) is 29.4 Å². The summed E-state index contributed by atoms with van der Waals surface area (Å²) in [6.45, 7) is 3.74. The minimum atomic E-state index is -0.656. The number of amides is 3. The van der Waals surface area contributed by atoms with Gasteiger partial charge < -0.3 is 10.1 Å². The molecule has 7 nitrogen and oxygen atoms in total. The zero-order valence-corrected chi connectivity index (χ0v) is 22.1. The lowest BCUT2D eigenvalue weighted by Gasteiger charge is -2.29. The van der Waals surface area contributed by atoms with E-state index in [4.69, 9.17) is 40.2 Å². The minimum Gasteiger partial charge on any atom is -0.484 e. The van der Waals surface area contributed by atoms with Gasteiger partial charge in [-0.25, -0.2) is 0 Å². The molecule has 0 aliphatic carbocycles. The van der Waals surface area contributed by atoms with Crippen molar-refractivity contribution in [2.75, 3.05) is 16.8 Å². The molecule has 1 fully saturated rings. The van der Waals surface area contributed by atoms with Crippen molar-refractivity contribution in [3.63, 3.8) is 0 Å². The van der Waals surface area contributed by atoms with Gasteiger partial charge in [-0.3, -0.25) is 24.6 Å². The standard InChI is InChI=1S/C27H21Cl2N3O4S/c1-15-9-10-18(11-16(15)2)30-23(33)14-36-19-6-3-5-17(12-19)13-20-25(34)31-27(37)32(26(20)35)22-8-4-7-21(28)24(22)29/h3-13H,14H2,1-2H3,(H,30,33)(H,31,34,37)/b20-13+. The molecule has 0 unspecified atom stereocenters. The first kappa shape index (κ1) is 26.3. The normalized spacial score (nSPS) is 14.5. The van der Waals surface area contributed by atoms with E-state index in [0.717, 1.165) is 16.0 Å². The molecule has 1 saturated heterocycles. The maximum absolute atomic E-state index is 13.3. The summed E-state index contributed by atoms with van der Waals surface area (Å²) in [5, 5.41) is 5.56. The summed E-state index contributed by atoms with van der Waals surface area (Å²) in [7, 11) is 0. The second-order valence-corrected chi connectivity index (χ2v) is 9.41. The van der Waals surface area contributed by atoms with Gasteiger partial charge in [0.15, 0.2) is 11.7 Å². The fourth-order valence-corrected chi connectivity index (χ4v) is 4.22. The van der Waals surface area contributed by atoms with E-state index in [0.29, 0.717) is 17.0 Å². The third-order valence-electron chi connectivity index (χ3n) is 5.60. The first-order valence-corrected chi connectivity index (χ1v) is 12.3. The van der Waals surface area contributed by atoms with Gasteiger partial charge in [0.05, 0.1) is 15.7 Å². The Bertz CT molecular complexity index is 1470. The van der Waals surface area contributed by atoms with Crippen LogP contribution in [0.25, 0.3) is 6.08 Å². The van der Waals surface area contributed by atoms with Crippen molar-refractivity contribution in [1.82, 2.24) is 5.32 Å². The van der Waals surface area contributed by atoms with Gasteiger partial charge in [-0.15, -0.1) is 0 Å². The number of hydrogen-bond donors (Lipinski definition) is 2. The predicted molar refractivity (Wildman–Crippen MR) is 149 cm³/mol. The third kappa shape index (κ3) is 5.99. The van der Waals surface area contributed by atoms with Gasteiger partial charge in [-0.05, 0) is 85.2 Å². The van der Waals surface area contributed by atoms with Gasteiger partial charge in [0.1, 0.15) is 11.3 Å². The summed E-state index contributed by atoms with van der Waals surface area (Å²) in [6, 6.07) is 17.1. The SMILES string of the molecule is Cc1ccc(NC(=O)COc2cccc(/C=C3\C(=O)NC(=S)N(c4cccc(Cl)c4Cl)C3=O)c2)cc1C. The van der Waals surface area contributed by atoms with Gasteiger partial charge in [-0.2, -0.15) is 0 Å². The Hall–Kier alpha value is -3.72. The molecule has 0 atom stereocenters. The molecule has 3 amide bonds. The summed E-state index contributed by atoms with van der Waals surface area (Å²) in [4.78, 5) is 39.3. The second kappa shape index (κ2) is 11.1. The van der Waals surface area contributed by atoms with Gasteiger partial charge in [-0.1, -0.05) is 47.5 Å². The predicted octanol–water partition coefficient (Wildman–Crippen LogP) is 5.46. The molecule has 0 aromatic heterocycles. The Kier molecular flexibility index (Phi) is 7.92. The van der Waals surface area contributed by atoms with Crippen molar-refractivity contribution < 1.29 is 19.1 Å². The number of benzene rings is 3. The number of nitrogens with zero attached hydrogens (tertiary/aromatic N) is 1. The number of carbonyl (C=O) groups excluding carboxylic acids is 3. The highest BCUT2D eigenvalue weighted by atomic mass is 35.5. The molecule has 10 heteroatoms. The molecule has 188 valence electrons. The van der Waals surface area contributed by atoms with Crippen LogP contribution >= 0.6 is 35.4 Å². The quantitative estimate of drug-likeness (QED) is 0.240. The van der Waals surface area contributed by atoms with E-state index in [1.165, 1.54) is 6.08 Å². The average Bonchev–Trinajstić information content (AvgIpc) is 2.85. The molecule has 0 radical (unpaired) electrons. The molecule has 1 heterocycles. The van der Waals surface area contributed by atoms with Crippen LogP contribution in [0.1, 0.15) is 16.7 Å². The smallest absolute Gasteiger partial charge is 0.270 e. The Labute approximate surface area is 229 Å². The maximum atomic E-state index is 13.3. The molecule has 1 aliphatic rings. The molecule has 2 N–H and O–H groups in total. The van der Waals surface area contributed by atoms with Crippen LogP contribution in [0.15, 0.2) is 66.2 Å². The lowest BCUT2D eigenvalue weighted by molar-refractivity contribution is -0.122. The largest absolute Gasteiger partial charge is 0.484 e. The Balaban J connectivity index is 1.50. The van der Waals surface area contributed by atoms with Crippen molar-refractivity contribution in [3.8, 4) is 5.75 Å². The van der Waals surface area contributed by atoms with E-state index < -0.39 is 11.8 Å². The van der Waals surface area contributed by atoms with Crippen LogP contribution in [0.5, 0.6) is 5.75 Å². The fraction of sp³-hybridized carbons (Fsp3) is 0.111. The number of aryl methyl sites for hydroxylation is 2. The van der Waals surface area contributed by atoms with Crippen LogP contribution in [0.4, 0.5) is 11.4 Å². The van der Waals surface area contributed by atoms with Gasteiger partial charge in [0.2, 0.25) is 0 Å². The zero-order chi connectivity index (χ0) is 26.7. The lowest BCUT2D eigenvalue weighted by atomic mass is 10.1. The van der Waals surface area contributed by atoms with Crippen LogP contribution < -0.4 is 20.3 Å². The number of nitrogens with one attached hydrogen (secondary N) is 2. The molecular formula is C27H21Cl2N3O4S. The van der Waals surface area contributed by atoms with Gasteiger partial charge in [0.25, 0.3) is 17.7 Å². The Morgan fingerprint density at radius 2 is 1.81 bits per heavy atom. The number of hydrogen-bond acceptors (Lipinski definition) is 5. The number of ether oxygens (including phenoxy) is 1. The molecular weight excluding hydrogens is 533 g/mol. The molecule has 1 aliphatic heterocycles. The number of halogens is 2. The summed E-state index contributed by atoms with van der Waals surface area (Å²) in [5.74, 6) is -1.24. The minimum absolute atomic E-state index is 0.108. The van der Waals surface area contributed by atoms with E-state index in [9.17, 15) is 14.4 Å². The molecule has 0 bridgehead atoms. The van der Waals surface area contributed by atoms with Gasteiger partial charge >= 0.3 is 0 Å². The molecule has 37 heavy (non-hydrogen) atoms. The number of carbonyl (C=O) groups is 3. The van der Waals surface area contributed by atoms with Crippen LogP contribution in [0.3, 0.4) is 0 Å². The zero-order valence-electron chi connectivity index (χ0n) is 19.8. The first-order chi connectivity index (χ1) is 17.6. The highest BCUT2D eigenvalue weighted by Gasteiger charge is 2.35. The van der Waals surface area contributed by atoms with Crippen molar-refractivity contribution in [1.29, 1.82) is 0 Å². The summed E-state index contributed by atoms with van der Waals surface area (Å²) >= 11 is 17.6. The molecule has 0 saturated carbocycles. The highest BCUT2D eigenvalue weighted by molar-refractivity contribution is 7.80. The summed E-state index contributed by atoms with van der Waals surface area (Å²) < 4.78 is 5.62. The van der Waals surface area contributed by atoms with E-state index in [1.54, 1.807) is 42.5 Å². The van der Waals surface area contributed by atoms with E-state index in [-0.39, 0.29) is 38.9 Å². The van der Waals surface area contributed by atoms with Gasteiger partial charge in [0, 0.05) is 5.69 Å². The van der Waals surface area contributed by atoms with Crippen molar-refractivity contribution in [2.45, 2.75) is 13.8 Å². The van der Waals surface area contributed by atoms with Crippen molar-refractivity contribution in [3.05, 3.63) is 93.0 Å². The molecule has 4 rings (SSSR count). The topological polar surface area (TPSA) is 87.7 Å². The molecule has 0 spiro atoms. The van der Waals surface area contributed by atoms with E-state index >= 15 is 0 Å². The van der Waals surface area contributed by atoms with Crippen molar-refractivity contribution >= 4 is 75.7 Å². The van der Waals surface area contributed by atoms with Crippen LogP contribution in [-0.2, 0) is 14.4 Å². The number of thiocarbonyl (C=S) groups is 1. The van der Waals surface area contributed by atoms with E-state index in [2.05, 4.69) is 10.6 Å². The summed E-state index contributed by atoms with van der Waals surface area (Å²) in [5.41, 5.74) is 3.48. The Morgan fingerprint density at radius 3 is 2.57 bits per heavy atom. The van der Waals surface area contributed by atoms with E-state index in [1.807, 2.05) is 32.0 Å². The van der Waals surface area contributed by atoms with Crippen molar-refractivity contribution in [2.24, 2.45) is 0 Å². The summed E-state index contributed by atoms with van der Waals surface area (Å²) in [6.07, 6.45) is 1.41. The molecule has 3 aromatic carbocycles. The van der Waals surface area contributed by atoms with Crippen LogP contribution in [0, 0.1) is 13.8 Å². The molecule has 3 aromatic rings. The van der Waals surface area contributed by atoms with Crippen LogP contribution in [0.2, 0.25) is 10.0 Å². The number of rotatable bonds is 6. The second-order valence-electron chi connectivity index (χ2n) is 8.24. The lowest BCUT2D eigenvalue weighted by Crippen LogP contribution is -2.54. The number of anilines is 2. The fourth-order valence-electron chi connectivity index (χ4n) is 3.57. The average molecular weight is 554 g/mol. The Morgan fingerprint density at radius 1 is 1.05 bits per heavy atom.